The maximum absolute atomic E-state index is 10.3. The van der Waals surface area contributed by atoms with Gasteiger partial charge in [-0.25, -0.2) is 0 Å². The summed E-state index contributed by atoms with van der Waals surface area (Å²) < 4.78 is 5.32. The van der Waals surface area contributed by atoms with Gasteiger partial charge in [0.2, 0.25) is 0 Å². The molecular formula is C18H24N2O2. The summed E-state index contributed by atoms with van der Waals surface area (Å²) >= 11 is 0. The van der Waals surface area contributed by atoms with E-state index in [0.717, 1.165) is 36.1 Å². The molecule has 2 rings (SSSR count). The Bertz CT molecular complexity index is 600. The van der Waals surface area contributed by atoms with Gasteiger partial charge in [-0.05, 0) is 55.2 Å². The second-order valence-electron chi connectivity index (χ2n) is 5.44. The standard InChI is InChI=1S/C18H24N2O2/c1-4-5-7-14-10-15(11-17(22-3)18(14)21)13(2)20-16-8-6-9-19-12-16/h6,8-13,20-21H,4-5,7H2,1-3H3. The summed E-state index contributed by atoms with van der Waals surface area (Å²) in [6.45, 7) is 4.23. The molecule has 4 heteroatoms. The summed E-state index contributed by atoms with van der Waals surface area (Å²) in [5.41, 5.74) is 3.00. The van der Waals surface area contributed by atoms with Crippen molar-refractivity contribution in [3.05, 3.63) is 47.8 Å². The molecule has 0 spiro atoms. The van der Waals surface area contributed by atoms with Crippen LogP contribution in [0.1, 0.15) is 43.9 Å². The number of pyridine rings is 1. The topological polar surface area (TPSA) is 54.4 Å². The Morgan fingerprint density at radius 1 is 1.36 bits per heavy atom. The molecule has 0 radical (unpaired) electrons. The van der Waals surface area contributed by atoms with Gasteiger partial charge in [-0.2, -0.15) is 0 Å². The van der Waals surface area contributed by atoms with Crippen molar-refractivity contribution in [3.63, 3.8) is 0 Å². The quantitative estimate of drug-likeness (QED) is 0.800. The van der Waals surface area contributed by atoms with E-state index in [1.807, 2.05) is 18.2 Å². The number of benzene rings is 1. The van der Waals surface area contributed by atoms with Crippen LogP contribution in [-0.4, -0.2) is 17.2 Å². The average molecular weight is 300 g/mol. The van der Waals surface area contributed by atoms with Gasteiger partial charge < -0.3 is 15.2 Å². The molecule has 1 unspecified atom stereocenters. The number of phenols is 1. The number of ether oxygens (including phenoxy) is 1. The molecule has 1 aromatic carbocycles. The zero-order chi connectivity index (χ0) is 15.9. The first-order chi connectivity index (χ1) is 10.7. The normalized spacial score (nSPS) is 12.0. The minimum Gasteiger partial charge on any atom is -0.504 e. The van der Waals surface area contributed by atoms with Crippen molar-refractivity contribution >= 4 is 5.69 Å². The highest BCUT2D eigenvalue weighted by atomic mass is 16.5. The van der Waals surface area contributed by atoms with Crippen molar-refractivity contribution in [1.29, 1.82) is 0 Å². The molecule has 0 amide bonds. The molecule has 0 aliphatic heterocycles. The minimum atomic E-state index is 0.0964. The van der Waals surface area contributed by atoms with Gasteiger partial charge in [0.05, 0.1) is 12.8 Å². The molecular weight excluding hydrogens is 276 g/mol. The third-order valence-electron chi connectivity index (χ3n) is 3.74. The number of methoxy groups -OCH3 is 1. The van der Waals surface area contributed by atoms with Gasteiger partial charge in [-0.1, -0.05) is 13.3 Å². The Labute approximate surface area is 132 Å². The van der Waals surface area contributed by atoms with Gasteiger partial charge in [0.25, 0.3) is 0 Å². The lowest BCUT2D eigenvalue weighted by molar-refractivity contribution is 0.369. The number of hydrogen-bond acceptors (Lipinski definition) is 4. The maximum Gasteiger partial charge on any atom is 0.161 e. The molecule has 0 saturated carbocycles. The van der Waals surface area contributed by atoms with Crippen LogP contribution in [0.5, 0.6) is 11.5 Å². The third kappa shape index (κ3) is 3.91. The second kappa shape index (κ2) is 7.69. The first kappa shape index (κ1) is 16.1. The molecule has 22 heavy (non-hydrogen) atoms. The van der Waals surface area contributed by atoms with Gasteiger partial charge in [-0.3, -0.25) is 4.98 Å². The van der Waals surface area contributed by atoms with E-state index >= 15 is 0 Å². The zero-order valence-corrected chi connectivity index (χ0v) is 13.5. The van der Waals surface area contributed by atoms with E-state index in [2.05, 4.69) is 30.2 Å². The molecule has 1 aromatic heterocycles. The number of aromatic nitrogens is 1. The van der Waals surface area contributed by atoms with Crippen molar-refractivity contribution in [2.24, 2.45) is 0 Å². The van der Waals surface area contributed by atoms with Gasteiger partial charge in [0, 0.05) is 18.4 Å². The fourth-order valence-corrected chi connectivity index (χ4v) is 2.43. The SMILES string of the molecule is CCCCc1cc(C(C)Nc2cccnc2)cc(OC)c1O. The molecule has 2 N–H and O–H groups in total. The number of phenolic OH excluding ortho intramolecular Hbond substituents is 1. The first-order valence-corrected chi connectivity index (χ1v) is 7.72. The van der Waals surface area contributed by atoms with Gasteiger partial charge in [-0.15, -0.1) is 0 Å². The number of aryl methyl sites for hydroxylation is 1. The van der Waals surface area contributed by atoms with E-state index < -0.39 is 0 Å². The van der Waals surface area contributed by atoms with Crippen LogP contribution in [0.4, 0.5) is 5.69 Å². The highest BCUT2D eigenvalue weighted by Gasteiger charge is 2.14. The van der Waals surface area contributed by atoms with Crippen LogP contribution in [0, 0.1) is 0 Å². The molecule has 0 fully saturated rings. The number of aromatic hydroxyl groups is 1. The molecule has 4 nitrogen and oxygen atoms in total. The summed E-state index contributed by atoms with van der Waals surface area (Å²) in [4.78, 5) is 4.11. The number of anilines is 1. The van der Waals surface area contributed by atoms with Crippen molar-refractivity contribution in [1.82, 2.24) is 4.98 Å². The zero-order valence-electron chi connectivity index (χ0n) is 13.5. The molecule has 0 aliphatic carbocycles. The fourth-order valence-electron chi connectivity index (χ4n) is 2.43. The van der Waals surface area contributed by atoms with Crippen LogP contribution < -0.4 is 10.1 Å². The van der Waals surface area contributed by atoms with E-state index in [1.54, 1.807) is 19.5 Å². The van der Waals surface area contributed by atoms with E-state index in [4.69, 9.17) is 4.74 Å². The van der Waals surface area contributed by atoms with E-state index in [1.165, 1.54) is 0 Å². The number of nitrogens with one attached hydrogen (secondary N) is 1. The van der Waals surface area contributed by atoms with Crippen LogP contribution in [0.3, 0.4) is 0 Å². The highest BCUT2D eigenvalue weighted by Crippen LogP contribution is 2.35. The Hall–Kier alpha value is -2.23. The number of hydrogen-bond donors (Lipinski definition) is 2. The van der Waals surface area contributed by atoms with Crippen molar-refractivity contribution in [2.75, 3.05) is 12.4 Å². The molecule has 2 aromatic rings. The van der Waals surface area contributed by atoms with Crippen molar-refractivity contribution in [3.8, 4) is 11.5 Å². The summed E-state index contributed by atoms with van der Waals surface area (Å²) in [6, 6.07) is 7.93. The van der Waals surface area contributed by atoms with Crippen molar-refractivity contribution < 1.29 is 9.84 Å². The summed E-state index contributed by atoms with van der Waals surface area (Å²) in [5, 5.41) is 13.7. The Balaban J connectivity index is 2.25. The van der Waals surface area contributed by atoms with Crippen molar-refractivity contribution in [2.45, 2.75) is 39.2 Å². The summed E-state index contributed by atoms with van der Waals surface area (Å²) in [7, 11) is 1.58. The van der Waals surface area contributed by atoms with Crippen LogP contribution in [0.2, 0.25) is 0 Å². The van der Waals surface area contributed by atoms with E-state index in [0.29, 0.717) is 5.75 Å². The molecule has 1 atom stereocenters. The van der Waals surface area contributed by atoms with Gasteiger partial charge in [0.1, 0.15) is 0 Å². The van der Waals surface area contributed by atoms with Gasteiger partial charge in [0.15, 0.2) is 11.5 Å². The van der Waals surface area contributed by atoms with Crippen LogP contribution in [-0.2, 0) is 6.42 Å². The van der Waals surface area contributed by atoms with E-state index in [9.17, 15) is 5.11 Å². The minimum absolute atomic E-state index is 0.0964. The molecule has 118 valence electrons. The van der Waals surface area contributed by atoms with Crippen LogP contribution in [0.15, 0.2) is 36.7 Å². The van der Waals surface area contributed by atoms with Crippen LogP contribution in [0.25, 0.3) is 0 Å². The van der Waals surface area contributed by atoms with Gasteiger partial charge >= 0.3 is 0 Å². The monoisotopic (exact) mass is 300 g/mol. The molecule has 0 bridgehead atoms. The lowest BCUT2D eigenvalue weighted by atomic mass is 9.99. The Morgan fingerprint density at radius 2 is 2.18 bits per heavy atom. The number of nitrogens with zero attached hydrogens (tertiary/aromatic N) is 1. The largest absolute Gasteiger partial charge is 0.504 e. The van der Waals surface area contributed by atoms with Crippen LogP contribution >= 0.6 is 0 Å². The first-order valence-electron chi connectivity index (χ1n) is 7.72. The predicted molar refractivity (Wildman–Crippen MR) is 89.5 cm³/mol. The number of unbranched alkanes of at least 4 members (excludes halogenated alkanes) is 1. The highest BCUT2D eigenvalue weighted by molar-refractivity contribution is 5.51. The number of rotatable bonds is 7. The van der Waals surface area contributed by atoms with E-state index in [-0.39, 0.29) is 11.8 Å². The Kier molecular flexibility index (Phi) is 5.64. The lowest BCUT2D eigenvalue weighted by Gasteiger charge is -2.18. The second-order valence-corrected chi connectivity index (χ2v) is 5.44. The Morgan fingerprint density at radius 3 is 2.82 bits per heavy atom. The summed E-state index contributed by atoms with van der Waals surface area (Å²) in [6.07, 6.45) is 6.54. The third-order valence-corrected chi connectivity index (χ3v) is 3.74. The maximum atomic E-state index is 10.3. The fraction of sp³-hybridized carbons (Fsp3) is 0.389. The average Bonchev–Trinajstić information content (AvgIpc) is 2.54. The molecule has 0 saturated heterocycles. The molecule has 1 heterocycles. The molecule has 0 aliphatic rings. The predicted octanol–water partition coefficient (Wildman–Crippen LogP) is 4.31. The smallest absolute Gasteiger partial charge is 0.161 e. The summed E-state index contributed by atoms with van der Waals surface area (Å²) in [5.74, 6) is 0.789. The lowest BCUT2D eigenvalue weighted by Crippen LogP contribution is -2.08.